The quantitative estimate of drug-likeness (QED) is 0.428. The SMILES string of the molecule is CC(C)Oc1ccc(CCCc2nc(=O)n(CCC(=O)O)c(=O)n2Cc2ccc(Cl)cc2)cc1F. The molecule has 0 fully saturated rings. The summed E-state index contributed by atoms with van der Waals surface area (Å²) in [6.07, 6.45) is 0.785. The molecular weight excluding hydrogens is 477 g/mol. The molecule has 35 heavy (non-hydrogen) atoms. The van der Waals surface area contributed by atoms with E-state index >= 15 is 0 Å². The largest absolute Gasteiger partial charge is 0.488 e. The van der Waals surface area contributed by atoms with Crippen LogP contribution < -0.4 is 16.1 Å². The second-order valence-electron chi connectivity index (χ2n) is 8.39. The van der Waals surface area contributed by atoms with Gasteiger partial charge >= 0.3 is 17.3 Å². The van der Waals surface area contributed by atoms with Crippen LogP contribution in [0, 0.1) is 5.82 Å². The number of aromatic nitrogens is 3. The summed E-state index contributed by atoms with van der Waals surface area (Å²) in [7, 11) is 0. The zero-order valence-electron chi connectivity index (χ0n) is 19.5. The Morgan fingerprint density at radius 2 is 1.77 bits per heavy atom. The van der Waals surface area contributed by atoms with Gasteiger partial charge in [-0.15, -0.1) is 0 Å². The lowest BCUT2D eigenvalue weighted by molar-refractivity contribution is -0.137. The molecule has 0 atom stereocenters. The normalized spacial score (nSPS) is 11.1. The van der Waals surface area contributed by atoms with Gasteiger partial charge in [0.05, 0.1) is 19.1 Å². The Balaban J connectivity index is 1.83. The molecule has 0 amide bonds. The minimum absolute atomic E-state index is 0.140. The first-order valence-corrected chi connectivity index (χ1v) is 11.6. The van der Waals surface area contributed by atoms with Crippen molar-refractivity contribution in [3.05, 3.63) is 91.2 Å². The molecule has 186 valence electrons. The topological polar surface area (TPSA) is 103 Å². The first-order chi connectivity index (χ1) is 16.6. The van der Waals surface area contributed by atoms with Crippen LogP contribution in [0.5, 0.6) is 5.75 Å². The Morgan fingerprint density at radius 1 is 1.09 bits per heavy atom. The van der Waals surface area contributed by atoms with Gasteiger partial charge < -0.3 is 9.84 Å². The van der Waals surface area contributed by atoms with Crippen molar-refractivity contribution in [1.29, 1.82) is 0 Å². The van der Waals surface area contributed by atoms with E-state index in [4.69, 9.17) is 21.4 Å². The van der Waals surface area contributed by atoms with E-state index in [0.717, 1.165) is 15.7 Å². The number of rotatable bonds is 11. The van der Waals surface area contributed by atoms with Crippen LogP contribution in [0.15, 0.2) is 52.1 Å². The van der Waals surface area contributed by atoms with E-state index in [9.17, 15) is 18.8 Å². The predicted molar refractivity (Wildman–Crippen MR) is 130 cm³/mol. The van der Waals surface area contributed by atoms with E-state index in [1.807, 2.05) is 13.8 Å². The summed E-state index contributed by atoms with van der Waals surface area (Å²) < 4.78 is 21.9. The fourth-order valence-corrected chi connectivity index (χ4v) is 3.72. The van der Waals surface area contributed by atoms with Crippen molar-refractivity contribution in [2.75, 3.05) is 0 Å². The van der Waals surface area contributed by atoms with Crippen molar-refractivity contribution in [3.8, 4) is 5.75 Å². The molecular formula is C25H27ClFN3O5. The van der Waals surface area contributed by atoms with Gasteiger partial charge in [-0.3, -0.25) is 9.36 Å². The molecule has 2 aromatic carbocycles. The number of nitrogens with zero attached hydrogens (tertiary/aromatic N) is 3. The average molecular weight is 504 g/mol. The average Bonchev–Trinajstić information content (AvgIpc) is 2.78. The van der Waals surface area contributed by atoms with E-state index in [-0.39, 0.29) is 37.2 Å². The molecule has 0 radical (unpaired) electrons. The standard InChI is InChI=1S/C25H27ClFN3O5/c1-16(2)35-21-11-8-17(14-20(21)27)4-3-5-22-28-24(33)29(13-12-23(31)32)25(34)30(22)15-18-6-9-19(26)10-7-18/h6-11,14,16H,3-5,12-13,15H2,1-2H3,(H,31,32). The molecule has 0 aliphatic heterocycles. The molecule has 10 heteroatoms. The maximum atomic E-state index is 14.3. The second kappa shape index (κ2) is 11.8. The van der Waals surface area contributed by atoms with E-state index in [1.165, 1.54) is 10.6 Å². The lowest BCUT2D eigenvalue weighted by atomic mass is 10.1. The van der Waals surface area contributed by atoms with Gasteiger partial charge in [0.15, 0.2) is 11.6 Å². The predicted octanol–water partition coefficient (Wildman–Crippen LogP) is 3.68. The monoisotopic (exact) mass is 503 g/mol. The Labute approximate surface area is 206 Å². The van der Waals surface area contributed by atoms with Crippen molar-refractivity contribution >= 4 is 17.6 Å². The lowest BCUT2D eigenvalue weighted by Crippen LogP contribution is -2.44. The number of aliphatic carboxylic acids is 1. The molecule has 3 rings (SSSR count). The number of ether oxygens (including phenoxy) is 1. The highest BCUT2D eigenvalue weighted by Crippen LogP contribution is 2.20. The van der Waals surface area contributed by atoms with E-state index in [2.05, 4.69) is 4.98 Å². The number of hydrogen-bond acceptors (Lipinski definition) is 5. The number of halogens is 2. The number of aryl methyl sites for hydroxylation is 2. The first-order valence-electron chi connectivity index (χ1n) is 11.3. The number of carboxylic acids is 1. The Hall–Kier alpha value is -3.46. The highest BCUT2D eigenvalue weighted by molar-refractivity contribution is 6.30. The summed E-state index contributed by atoms with van der Waals surface area (Å²) >= 11 is 5.95. The summed E-state index contributed by atoms with van der Waals surface area (Å²) in [5, 5.41) is 9.50. The van der Waals surface area contributed by atoms with Crippen LogP contribution in [-0.4, -0.2) is 31.3 Å². The molecule has 1 N–H and O–H groups in total. The smallest absolute Gasteiger partial charge is 0.353 e. The number of carboxylic acid groups (broad SMARTS) is 1. The molecule has 0 aliphatic carbocycles. The summed E-state index contributed by atoms with van der Waals surface area (Å²) in [6.45, 7) is 3.51. The van der Waals surface area contributed by atoms with Gasteiger partial charge in [0.25, 0.3) is 0 Å². The van der Waals surface area contributed by atoms with Crippen LogP contribution in [0.2, 0.25) is 5.02 Å². The highest BCUT2D eigenvalue weighted by Gasteiger charge is 2.15. The van der Waals surface area contributed by atoms with Gasteiger partial charge in [0, 0.05) is 18.0 Å². The minimum atomic E-state index is -1.12. The van der Waals surface area contributed by atoms with E-state index in [0.29, 0.717) is 24.3 Å². The zero-order valence-corrected chi connectivity index (χ0v) is 20.3. The summed E-state index contributed by atoms with van der Waals surface area (Å²) in [5.41, 5.74) is 0.100. The van der Waals surface area contributed by atoms with Crippen molar-refractivity contribution in [3.63, 3.8) is 0 Å². The van der Waals surface area contributed by atoms with Gasteiger partial charge in [-0.1, -0.05) is 29.8 Å². The second-order valence-corrected chi connectivity index (χ2v) is 8.82. The summed E-state index contributed by atoms with van der Waals surface area (Å²) in [6, 6.07) is 11.7. The first kappa shape index (κ1) is 26.2. The molecule has 1 heterocycles. The molecule has 0 spiro atoms. The van der Waals surface area contributed by atoms with Crippen molar-refractivity contribution in [2.45, 2.75) is 58.7 Å². The fourth-order valence-electron chi connectivity index (χ4n) is 3.59. The van der Waals surface area contributed by atoms with Crippen molar-refractivity contribution in [2.24, 2.45) is 0 Å². The Kier molecular flexibility index (Phi) is 8.81. The van der Waals surface area contributed by atoms with Gasteiger partial charge in [-0.05, 0) is 62.1 Å². The molecule has 3 aromatic rings. The van der Waals surface area contributed by atoms with E-state index < -0.39 is 23.2 Å². The lowest BCUT2D eigenvalue weighted by Gasteiger charge is -2.15. The minimum Gasteiger partial charge on any atom is -0.488 e. The molecule has 0 unspecified atom stereocenters. The van der Waals surface area contributed by atoms with Crippen LogP contribution in [0.25, 0.3) is 0 Å². The van der Waals surface area contributed by atoms with Crippen LogP contribution in [0.3, 0.4) is 0 Å². The summed E-state index contributed by atoms with van der Waals surface area (Å²) in [5.74, 6) is -1.11. The molecule has 1 aromatic heterocycles. The van der Waals surface area contributed by atoms with Crippen LogP contribution in [0.4, 0.5) is 4.39 Å². The number of hydrogen-bond donors (Lipinski definition) is 1. The molecule has 0 aliphatic rings. The number of carbonyl (C=O) groups is 1. The summed E-state index contributed by atoms with van der Waals surface area (Å²) in [4.78, 5) is 40.6. The van der Waals surface area contributed by atoms with Gasteiger partial charge in [-0.2, -0.15) is 4.98 Å². The van der Waals surface area contributed by atoms with Gasteiger partial charge in [-0.25, -0.2) is 18.5 Å². The number of benzene rings is 2. The van der Waals surface area contributed by atoms with Gasteiger partial charge in [0.2, 0.25) is 0 Å². The maximum absolute atomic E-state index is 14.3. The fraction of sp³-hybridized carbons (Fsp3) is 0.360. The Morgan fingerprint density at radius 3 is 2.40 bits per heavy atom. The molecule has 0 saturated heterocycles. The molecule has 0 bridgehead atoms. The third kappa shape index (κ3) is 7.26. The van der Waals surface area contributed by atoms with Crippen LogP contribution in [0.1, 0.15) is 43.6 Å². The van der Waals surface area contributed by atoms with Crippen molar-refractivity contribution < 1.29 is 19.0 Å². The maximum Gasteiger partial charge on any atom is 0.353 e. The van der Waals surface area contributed by atoms with Crippen LogP contribution >= 0.6 is 11.6 Å². The Bertz CT molecular complexity index is 1300. The van der Waals surface area contributed by atoms with Crippen LogP contribution in [-0.2, 0) is 30.7 Å². The molecule has 8 nitrogen and oxygen atoms in total. The van der Waals surface area contributed by atoms with E-state index in [1.54, 1.807) is 36.4 Å². The zero-order chi connectivity index (χ0) is 25.5. The molecule has 0 saturated carbocycles. The third-order valence-corrected chi connectivity index (χ3v) is 5.51. The van der Waals surface area contributed by atoms with Crippen molar-refractivity contribution in [1.82, 2.24) is 14.1 Å². The third-order valence-electron chi connectivity index (χ3n) is 5.26. The van der Waals surface area contributed by atoms with Gasteiger partial charge in [0.1, 0.15) is 5.82 Å². The highest BCUT2D eigenvalue weighted by atomic mass is 35.5.